The molecule has 1 N–H and O–H groups in total. The van der Waals surface area contributed by atoms with Crippen LogP contribution in [0.3, 0.4) is 0 Å². The maximum absolute atomic E-state index is 10.4. The first-order chi connectivity index (χ1) is 9.84. The van der Waals surface area contributed by atoms with Crippen LogP contribution in [0.1, 0.15) is 16.7 Å². The third-order valence-electron chi connectivity index (χ3n) is 3.17. The standard InChI is InChI=1S/C17H14N2O/c20-16(12-13-6-2-1-3-7-13)17-15-9-5-4-8-14(15)10-11-18-19-17/h1-9,11-12,20H,10H2. The second-order valence-electron chi connectivity index (χ2n) is 4.55. The third-order valence-corrected chi connectivity index (χ3v) is 3.17. The molecule has 0 amide bonds. The highest BCUT2D eigenvalue weighted by Gasteiger charge is 2.14. The minimum atomic E-state index is 0.127. The van der Waals surface area contributed by atoms with Crippen molar-refractivity contribution in [3.63, 3.8) is 0 Å². The summed E-state index contributed by atoms with van der Waals surface area (Å²) < 4.78 is 0. The number of benzene rings is 2. The van der Waals surface area contributed by atoms with Gasteiger partial charge in [0, 0.05) is 18.2 Å². The zero-order valence-electron chi connectivity index (χ0n) is 10.9. The van der Waals surface area contributed by atoms with Crippen molar-refractivity contribution in [3.8, 4) is 0 Å². The highest BCUT2D eigenvalue weighted by molar-refractivity contribution is 6.14. The van der Waals surface area contributed by atoms with Crippen LogP contribution in [-0.2, 0) is 6.42 Å². The van der Waals surface area contributed by atoms with Gasteiger partial charge >= 0.3 is 0 Å². The molecule has 0 saturated heterocycles. The Balaban J connectivity index is 2.04. The van der Waals surface area contributed by atoms with Crippen molar-refractivity contribution in [1.29, 1.82) is 0 Å². The van der Waals surface area contributed by atoms with E-state index in [1.54, 1.807) is 12.3 Å². The van der Waals surface area contributed by atoms with Gasteiger partial charge in [0.05, 0.1) is 0 Å². The molecular weight excluding hydrogens is 248 g/mol. The van der Waals surface area contributed by atoms with Gasteiger partial charge in [-0.2, -0.15) is 5.10 Å². The van der Waals surface area contributed by atoms with E-state index in [1.165, 1.54) is 0 Å². The molecule has 0 spiro atoms. The van der Waals surface area contributed by atoms with E-state index >= 15 is 0 Å². The van der Waals surface area contributed by atoms with E-state index in [0.717, 1.165) is 23.1 Å². The summed E-state index contributed by atoms with van der Waals surface area (Å²) in [5.41, 5.74) is 3.48. The second kappa shape index (κ2) is 5.53. The molecule has 98 valence electrons. The van der Waals surface area contributed by atoms with Gasteiger partial charge in [-0.1, -0.05) is 54.6 Å². The van der Waals surface area contributed by atoms with Gasteiger partial charge in [-0.15, -0.1) is 5.10 Å². The van der Waals surface area contributed by atoms with Gasteiger partial charge in [0.25, 0.3) is 0 Å². The van der Waals surface area contributed by atoms with Crippen molar-refractivity contribution in [2.24, 2.45) is 10.2 Å². The van der Waals surface area contributed by atoms with Gasteiger partial charge < -0.3 is 5.11 Å². The average molecular weight is 262 g/mol. The lowest BCUT2D eigenvalue weighted by atomic mass is 9.99. The summed E-state index contributed by atoms with van der Waals surface area (Å²) in [6, 6.07) is 17.6. The number of rotatable bonds is 2. The first-order valence-electron chi connectivity index (χ1n) is 6.48. The molecule has 0 bridgehead atoms. The molecule has 0 atom stereocenters. The summed E-state index contributed by atoms with van der Waals surface area (Å²) in [6.45, 7) is 0. The van der Waals surface area contributed by atoms with Crippen molar-refractivity contribution in [1.82, 2.24) is 0 Å². The van der Waals surface area contributed by atoms with Gasteiger partial charge in [0.2, 0.25) is 0 Å². The molecule has 0 aromatic heterocycles. The molecule has 2 aromatic rings. The average Bonchev–Trinajstić information content (AvgIpc) is 2.70. The molecule has 1 heterocycles. The van der Waals surface area contributed by atoms with Crippen molar-refractivity contribution < 1.29 is 5.11 Å². The molecule has 0 saturated carbocycles. The van der Waals surface area contributed by atoms with Crippen LogP contribution in [-0.4, -0.2) is 17.0 Å². The molecule has 0 fully saturated rings. The Morgan fingerprint density at radius 3 is 2.60 bits per heavy atom. The lowest BCUT2D eigenvalue weighted by Crippen LogP contribution is -2.06. The highest BCUT2D eigenvalue weighted by Crippen LogP contribution is 2.18. The van der Waals surface area contributed by atoms with Gasteiger partial charge in [0.15, 0.2) is 0 Å². The van der Waals surface area contributed by atoms with Crippen LogP contribution >= 0.6 is 0 Å². The molecule has 20 heavy (non-hydrogen) atoms. The Morgan fingerprint density at radius 2 is 1.75 bits per heavy atom. The van der Waals surface area contributed by atoms with Crippen molar-refractivity contribution in [2.75, 3.05) is 0 Å². The number of hydrogen-bond donors (Lipinski definition) is 1. The SMILES string of the molecule is OC(=Cc1ccccc1)C1=NN=CCc2ccccc21. The molecule has 2 aromatic carbocycles. The second-order valence-corrected chi connectivity index (χ2v) is 4.55. The molecule has 3 rings (SSSR count). The lowest BCUT2D eigenvalue weighted by molar-refractivity contribution is 0.448. The van der Waals surface area contributed by atoms with Crippen LogP contribution in [0.2, 0.25) is 0 Å². The minimum Gasteiger partial charge on any atom is -0.506 e. The molecule has 0 aliphatic carbocycles. The number of aliphatic hydroxyl groups excluding tert-OH is 1. The van der Waals surface area contributed by atoms with Crippen molar-refractivity contribution in [2.45, 2.75) is 6.42 Å². The quantitative estimate of drug-likeness (QED) is 0.825. The fourth-order valence-corrected chi connectivity index (χ4v) is 2.19. The Kier molecular flexibility index (Phi) is 3.42. The van der Waals surface area contributed by atoms with E-state index in [9.17, 15) is 5.11 Å². The Bertz CT molecular complexity index is 700. The summed E-state index contributed by atoms with van der Waals surface area (Å²) in [7, 11) is 0. The minimum absolute atomic E-state index is 0.127. The van der Waals surface area contributed by atoms with E-state index < -0.39 is 0 Å². The number of fused-ring (bicyclic) bond motifs is 1. The first-order valence-corrected chi connectivity index (χ1v) is 6.48. The van der Waals surface area contributed by atoms with Crippen molar-refractivity contribution in [3.05, 3.63) is 77.0 Å². The fourth-order valence-electron chi connectivity index (χ4n) is 2.19. The van der Waals surface area contributed by atoms with E-state index in [2.05, 4.69) is 10.2 Å². The maximum atomic E-state index is 10.4. The van der Waals surface area contributed by atoms with E-state index in [4.69, 9.17) is 0 Å². The molecule has 1 aliphatic heterocycles. The third kappa shape index (κ3) is 2.52. The first kappa shape index (κ1) is 12.4. The summed E-state index contributed by atoms with van der Waals surface area (Å²) in [4.78, 5) is 0. The zero-order chi connectivity index (χ0) is 13.8. The molecule has 0 unspecified atom stereocenters. The van der Waals surface area contributed by atoms with Crippen molar-refractivity contribution >= 4 is 18.0 Å². The maximum Gasteiger partial charge on any atom is 0.144 e. The van der Waals surface area contributed by atoms with Crippen LogP contribution < -0.4 is 0 Å². The van der Waals surface area contributed by atoms with E-state index in [1.807, 2.05) is 54.6 Å². The molecule has 3 nitrogen and oxygen atoms in total. The number of allylic oxidation sites excluding steroid dienone is 1. The number of aliphatic hydroxyl groups is 1. The largest absolute Gasteiger partial charge is 0.506 e. The normalized spacial score (nSPS) is 14.4. The highest BCUT2D eigenvalue weighted by atomic mass is 16.3. The van der Waals surface area contributed by atoms with Crippen LogP contribution in [0.15, 0.2) is 70.6 Å². The monoisotopic (exact) mass is 262 g/mol. The van der Waals surface area contributed by atoms with Gasteiger partial charge in [-0.3, -0.25) is 0 Å². The summed E-state index contributed by atoms with van der Waals surface area (Å²) in [5.74, 6) is 0.127. The number of hydrogen-bond acceptors (Lipinski definition) is 3. The van der Waals surface area contributed by atoms with Crippen LogP contribution in [0.25, 0.3) is 6.08 Å². The Hall–Kier alpha value is -2.68. The smallest absolute Gasteiger partial charge is 0.144 e. The molecule has 0 radical (unpaired) electrons. The number of nitrogens with zero attached hydrogens (tertiary/aromatic N) is 2. The molecule has 1 aliphatic rings. The zero-order valence-corrected chi connectivity index (χ0v) is 10.9. The summed E-state index contributed by atoms with van der Waals surface area (Å²) >= 11 is 0. The summed E-state index contributed by atoms with van der Waals surface area (Å²) in [6.07, 6.45) is 4.18. The Labute approximate surface area is 117 Å². The summed E-state index contributed by atoms with van der Waals surface area (Å²) in [5, 5.41) is 18.5. The molecular formula is C17H14N2O. The molecule has 3 heteroatoms. The van der Waals surface area contributed by atoms with E-state index in [0.29, 0.717) is 5.71 Å². The predicted octanol–water partition coefficient (Wildman–Crippen LogP) is 3.62. The fraction of sp³-hybridized carbons (Fsp3) is 0.0588. The van der Waals surface area contributed by atoms with Crippen LogP contribution in [0, 0.1) is 0 Å². The van der Waals surface area contributed by atoms with Gasteiger partial charge in [-0.05, 0) is 17.2 Å². The van der Waals surface area contributed by atoms with Crippen LogP contribution in [0.4, 0.5) is 0 Å². The van der Waals surface area contributed by atoms with E-state index in [-0.39, 0.29) is 5.76 Å². The Morgan fingerprint density at radius 1 is 1.00 bits per heavy atom. The van der Waals surface area contributed by atoms with Crippen LogP contribution in [0.5, 0.6) is 0 Å². The predicted molar refractivity (Wildman–Crippen MR) is 82.2 cm³/mol. The topological polar surface area (TPSA) is 45.0 Å². The lowest BCUT2D eigenvalue weighted by Gasteiger charge is -2.07. The van der Waals surface area contributed by atoms with Gasteiger partial charge in [0.1, 0.15) is 11.5 Å². The van der Waals surface area contributed by atoms with Gasteiger partial charge in [-0.25, -0.2) is 0 Å².